The van der Waals surface area contributed by atoms with Crippen LogP contribution in [0, 0.1) is 10.1 Å². The zero-order valence-electron chi connectivity index (χ0n) is 15.8. The van der Waals surface area contributed by atoms with Gasteiger partial charge in [-0.05, 0) is 25.0 Å². The molecule has 8 heteroatoms. The van der Waals surface area contributed by atoms with Crippen LogP contribution in [0.2, 0.25) is 0 Å². The summed E-state index contributed by atoms with van der Waals surface area (Å²) in [5.74, 6) is -1.09. The fourth-order valence-electron chi connectivity index (χ4n) is 2.72. The fraction of sp³-hybridized carbons (Fsp3) is 0.300. The number of nitrogens with zero attached hydrogens (tertiary/aromatic N) is 1. The number of hydrogen-bond acceptors (Lipinski definition) is 6. The van der Waals surface area contributed by atoms with Crippen LogP contribution in [0.4, 0.5) is 11.4 Å². The second-order valence-electron chi connectivity index (χ2n) is 6.34. The number of nitrogen functional groups attached to an aromatic ring is 1. The summed E-state index contributed by atoms with van der Waals surface area (Å²) in [5.41, 5.74) is 6.47. The molecule has 0 bridgehead atoms. The molecule has 2 rings (SSSR count). The summed E-state index contributed by atoms with van der Waals surface area (Å²) in [7, 11) is 0. The molecule has 0 aliphatic heterocycles. The molecule has 0 aliphatic carbocycles. The number of non-ortho nitro benzene ring substituents is 1. The Labute approximate surface area is 162 Å². The molecule has 1 amide bonds. The molecule has 2 aromatic rings. The van der Waals surface area contributed by atoms with Gasteiger partial charge >= 0.3 is 5.97 Å². The first-order valence-electron chi connectivity index (χ1n) is 8.91. The molecule has 0 saturated carbocycles. The largest absolute Gasteiger partial charge is 0.449 e. The van der Waals surface area contributed by atoms with Crippen molar-refractivity contribution in [3.8, 4) is 0 Å². The summed E-state index contributed by atoms with van der Waals surface area (Å²) >= 11 is 0. The Bertz CT molecular complexity index is 854. The van der Waals surface area contributed by atoms with Crippen LogP contribution in [0.15, 0.2) is 48.5 Å². The number of nitrogens with one attached hydrogen (secondary N) is 1. The predicted octanol–water partition coefficient (Wildman–Crippen LogP) is 3.03. The maximum atomic E-state index is 12.3. The third-order valence-electron chi connectivity index (χ3n) is 4.41. The summed E-state index contributed by atoms with van der Waals surface area (Å²) in [6, 6.07) is 13.3. The molecule has 0 aliphatic rings. The van der Waals surface area contributed by atoms with E-state index in [4.69, 9.17) is 10.5 Å². The van der Waals surface area contributed by atoms with Crippen molar-refractivity contribution in [1.82, 2.24) is 5.32 Å². The van der Waals surface area contributed by atoms with Gasteiger partial charge in [-0.1, -0.05) is 37.3 Å². The number of hydrogen-bond donors (Lipinski definition) is 2. The smallest absolute Gasteiger partial charge is 0.341 e. The first-order chi connectivity index (χ1) is 13.3. The summed E-state index contributed by atoms with van der Waals surface area (Å²) in [4.78, 5) is 34.6. The molecule has 0 fully saturated rings. The van der Waals surface area contributed by atoms with E-state index in [0.717, 1.165) is 24.1 Å². The van der Waals surface area contributed by atoms with Gasteiger partial charge in [0.05, 0.1) is 16.2 Å². The van der Waals surface area contributed by atoms with Crippen LogP contribution in [0.25, 0.3) is 0 Å². The molecule has 0 unspecified atom stereocenters. The lowest BCUT2D eigenvalue weighted by atomic mass is 9.96. The summed E-state index contributed by atoms with van der Waals surface area (Å²) in [5, 5.41) is 13.5. The normalized spacial score (nSPS) is 12.6. The lowest BCUT2D eigenvalue weighted by molar-refractivity contribution is -0.384. The Hall–Kier alpha value is -3.42. The highest BCUT2D eigenvalue weighted by molar-refractivity contribution is 5.97. The SMILES string of the molecule is CC[C@H](CNC(=O)[C@H](C)OC(=O)c1ccc([N+](=O)[O-])cc1N)c1ccccc1. The van der Waals surface area contributed by atoms with Crippen LogP contribution in [-0.4, -0.2) is 29.4 Å². The van der Waals surface area contributed by atoms with Gasteiger partial charge < -0.3 is 15.8 Å². The number of benzene rings is 2. The molecule has 3 N–H and O–H groups in total. The van der Waals surface area contributed by atoms with Gasteiger partial charge in [0, 0.05) is 24.6 Å². The van der Waals surface area contributed by atoms with Gasteiger partial charge in [-0.25, -0.2) is 4.79 Å². The van der Waals surface area contributed by atoms with Gasteiger partial charge in [-0.2, -0.15) is 0 Å². The van der Waals surface area contributed by atoms with E-state index in [9.17, 15) is 19.7 Å². The highest BCUT2D eigenvalue weighted by atomic mass is 16.6. The van der Waals surface area contributed by atoms with E-state index >= 15 is 0 Å². The number of carbonyl (C=O) groups excluding carboxylic acids is 2. The average molecular weight is 385 g/mol. The van der Waals surface area contributed by atoms with Crippen LogP contribution in [0.1, 0.15) is 42.1 Å². The Morgan fingerprint density at radius 2 is 1.89 bits per heavy atom. The lowest BCUT2D eigenvalue weighted by Gasteiger charge is -2.18. The minimum Gasteiger partial charge on any atom is -0.449 e. The number of ether oxygens (including phenoxy) is 1. The van der Waals surface area contributed by atoms with Gasteiger partial charge in [0.25, 0.3) is 11.6 Å². The molecule has 148 valence electrons. The van der Waals surface area contributed by atoms with Crippen molar-refractivity contribution in [3.63, 3.8) is 0 Å². The maximum Gasteiger partial charge on any atom is 0.341 e. The van der Waals surface area contributed by atoms with Gasteiger partial charge in [-0.3, -0.25) is 14.9 Å². The van der Waals surface area contributed by atoms with E-state index in [0.29, 0.717) is 6.54 Å². The molecule has 0 heterocycles. The summed E-state index contributed by atoms with van der Waals surface area (Å²) < 4.78 is 5.15. The monoisotopic (exact) mass is 385 g/mol. The number of esters is 1. The van der Waals surface area contributed by atoms with Crippen LogP contribution >= 0.6 is 0 Å². The minimum atomic E-state index is -1.03. The number of nitrogens with two attached hydrogens (primary N) is 1. The zero-order valence-corrected chi connectivity index (χ0v) is 15.8. The van der Waals surface area contributed by atoms with E-state index in [1.807, 2.05) is 37.3 Å². The molecule has 2 aromatic carbocycles. The maximum absolute atomic E-state index is 12.3. The van der Waals surface area contributed by atoms with Crippen LogP contribution in [0.3, 0.4) is 0 Å². The van der Waals surface area contributed by atoms with E-state index in [2.05, 4.69) is 5.32 Å². The summed E-state index contributed by atoms with van der Waals surface area (Å²) in [6.07, 6.45) is -0.187. The first kappa shape index (κ1) is 20.9. The summed E-state index contributed by atoms with van der Waals surface area (Å²) in [6.45, 7) is 3.91. The van der Waals surface area contributed by atoms with Crippen molar-refractivity contribution in [1.29, 1.82) is 0 Å². The van der Waals surface area contributed by atoms with Crippen molar-refractivity contribution >= 4 is 23.3 Å². The predicted molar refractivity (Wildman–Crippen MR) is 105 cm³/mol. The number of nitro groups is 1. The number of rotatable bonds is 8. The molecular weight excluding hydrogens is 362 g/mol. The van der Waals surface area contributed by atoms with E-state index in [-0.39, 0.29) is 22.9 Å². The standard InChI is InChI=1S/C20H23N3O5/c1-3-14(15-7-5-4-6-8-15)12-22-19(24)13(2)28-20(25)17-10-9-16(23(26)27)11-18(17)21/h4-11,13-14H,3,12,21H2,1-2H3,(H,22,24)/t13-,14+/m0/s1. The van der Waals surface area contributed by atoms with E-state index in [1.165, 1.54) is 13.0 Å². The molecular formula is C20H23N3O5. The van der Waals surface area contributed by atoms with Crippen molar-refractivity contribution in [2.75, 3.05) is 12.3 Å². The molecule has 28 heavy (non-hydrogen) atoms. The molecule has 0 aromatic heterocycles. The van der Waals surface area contributed by atoms with Gasteiger partial charge in [0.2, 0.25) is 0 Å². The van der Waals surface area contributed by atoms with Gasteiger partial charge in [0.15, 0.2) is 6.10 Å². The Morgan fingerprint density at radius 1 is 1.21 bits per heavy atom. The number of anilines is 1. The highest BCUT2D eigenvalue weighted by Crippen LogP contribution is 2.21. The molecule has 0 saturated heterocycles. The third kappa shape index (κ3) is 5.29. The number of carbonyl (C=O) groups is 2. The minimum absolute atomic E-state index is 0.0269. The first-order valence-corrected chi connectivity index (χ1v) is 8.91. The molecule has 8 nitrogen and oxygen atoms in total. The highest BCUT2D eigenvalue weighted by Gasteiger charge is 2.22. The van der Waals surface area contributed by atoms with Crippen LogP contribution in [-0.2, 0) is 9.53 Å². The van der Waals surface area contributed by atoms with Crippen LogP contribution < -0.4 is 11.1 Å². The zero-order chi connectivity index (χ0) is 20.7. The van der Waals surface area contributed by atoms with Gasteiger partial charge in [0.1, 0.15) is 0 Å². The van der Waals surface area contributed by atoms with Crippen molar-refractivity contribution < 1.29 is 19.2 Å². The average Bonchev–Trinajstić information content (AvgIpc) is 2.68. The topological polar surface area (TPSA) is 125 Å². The van der Waals surface area contributed by atoms with E-state index < -0.39 is 22.9 Å². The molecule has 0 spiro atoms. The number of nitro benzene ring substituents is 1. The van der Waals surface area contributed by atoms with Crippen molar-refractivity contribution in [2.45, 2.75) is 32.3 Å². The van der Waals surface area contributed by atoms with Gasteiger partial charge in [-0.15, -0.1) is 0 Å². The quantitative estimate of drug-likeness (QED) is 0.311. The van der Waals surface area contributed by atoms with E-state index in [1.54, 1.807) is 0 Å². The van der Waals surface area contributed by atoms with Crippen molar-refractivity contribution in [2.24, 2.45) is 0 Å². The number of amides is 1. The van der Waals surface area contributed by atoms with Crippen LogP contribution in [0.5, 0.6) is 0 Å². The fourth-order valence-corrected chi connectivity index (χ4v) is 2.72. The third-order valence-corrected chi connectivity index (χ3v) is 4.41. The Kier molecular flexibility index (Phi) is 7.08. The lowest BCUT2D eigenvalue weighted by Crippen LogP contribution is -2.38. The Balaban J connectivity index is 1.94. The molecule has 0 radical (unpaired) electrons. The van der Waals surface area contributed by atoms with Crippen molar-refractivity contribution in [3.05, 3.63) is 69.8 Å². The second-order valence-corrected chi connectivity index (χ2v) is 6.34. The molecule has 2 atom stereocenters. The second kappa shape index (κ2) is 9.50. The Morgan fingerprint density at radius 3 is 2.46 bits per heavy atom.